The van der Waals surface area contributed by atoms with Crippen molar-refractivity contribution in [2.45, 2.75) is 78.2 Å². The van der Waals surface area contributed by atoms with Gasteiger partial charge in [-0.1, -0.05) is 75.4 Å². The van der Waals surface area contributed by atoms with E-state index in [4.69, 9.17) is 9.16 Å². The molecule has 0 radical (unpaired) electrons. The number of nitrogens with one attached hydrogen (secondary N) is 1. The van der Waals surface area contributed by atoms with E-state index in [0.29, 0.717) is 6.61 Å². The summed E-state index contributed by atoms with van der Waals surface area (Å²) in [5.41, 5.74) is 3.51. The number of benzene rings is 2. The molecule has 2 aromatic carbocycles. The van der Waals surface area contributed by atoms with Crippen molar-refractivity contribution in [1.29, 1.82) is 0 Å². The highest BCUT2D eigenvalue weighted by Crippen LogP contribution is 2.36. The van der Waals surface area contributed by atoms with Gasteiger partial charge in [0.2, 0.25) is 0 Å². The average Bonchev–Trinajstić information content (AvgIpc) is 3.12. The molecule has 200 valence electrons. The Bertz CT molecular complexity index is 1210. The zero-order valence-corrected chi connectivity index (χ0v) is 24.9. The lowest BCUT2D eigenvalue weighted by atomic mass is 10.1. The maximum absolute atomic E-state index is 13.4. The fourth-order valence-corrected chi connectivity index (χ4v) is 4.89. The second kappa shape index (κ2) is 11.8. The van der Waals surface area contributed by atoms with Gasteiger partial charge >= 0.3 is 6.09 Å². The highest BCUT2D eigenvalue weighted by Gasteiger charge is 2.36. The molecule has 0 fully saturated rings. The summed E-state index contributed by atoms with van der Waals surface area (Å²) in [6.07, 6.45) is 4.49. The molecule has 0 saturated carbocycles. The van der Waals surface area contributed by atoms with Crippen LogP contribution in [0.15, 0.2) is 60.7 Å². The van der Waals surface area contributed by atoms with Crippen molar-refractivity contribution in [3.8, 4) is 0 Å². The first kappa shape index (κ1) is 28.9. The van der Waals surface area contributed by atoms with Gasteiger partial charge in [0.25, 0.3) is 0 Å². The smallest absolute Gasteiger partial charge is 0.419 e. The number of carbonyl (C=O) groups excluding carboxylic acids is 1. The summed E-state index contributed by atoms with van der Waals surface area (Å²) < 4.78 is 13.9. The largest absolute Gasteiger partial charge is 0.443 e. The van der Waals surface area contributed by atoms with Gasteiger partial charge in [0.15, 0.2) is 8.32 Å². The van der Waals surface area contributed by atoms with Crippen LogP contribution in [0.3, 0.4) is 0 Å². The number of hydrogen-bond acceptors (Lipinski definition) is 4. The molecule has 0 bridgehead atoms. The monoisotopic (exact) mass is 520 g/mol. The fourth-order valence-electron chi connectivity index (χ4n) is 3.94. The lowest BCUT2D eigenvalue weighted by Crippen LogP contribution is -2.40. The summed E-state index contributed by atoms with van der Waals surface area (Å²) in [7, 11) is -1.87. The molecule has 1 N–H and O–H groups in total. The first-order chi connectivity index (χ1) is 17.3. The van der Waals surface area contributed by atoms with E-state index in [1.165, 1.54) is 5.56 Å². The third-order valence-electron chi connectivity index (χ3n) is 6.94. The van der Waals surface area contributed by atoms with Gasteiger partial charge in [-0.15, -0.1) is 0 Å². The number of aromatic nitrogens is 1. The van der Waals surface area contributed by atoms with Gasteiger partial charge in [-0.2, -0.15) is 0 Å². The number of ether oxygens (including phenoxy) is 1. The Morgan fingerprint density at radius 3 is 2.27 bits per heavy atom. The first-order valence-corrected chi connectivity index (χ1v) is 16.1. The van der Waals surface area contributed by atoms with Crippen LogP contribution in [-0.2, 0) is 22.1 Å². The van der Waals surface area contributed by atoms with E-state index in [9.17, 15) is 4.79 Å². The molecule has 1 aromatic heterocycles. The van der Waals surface area contributed by atoms with Crippen LogP contribution in [0.4, 0.5) is 4.79 Å². The minimum absolute atomic E-state index is 0.141. The van der Waals surface area contributed by atoms with Gasteiger partial charge in [0.1, 0.15) is 5.60 Å². The van der Waals surface area contributed by atoms with Crippen LogP contribution >= 0.6 is 0 Å². The molecule has 0 saturated heterocycles. The van der Waals surface area contributed by atoms with Gasteiger partial charge in [-0.05, 0) is 75.1 Å². The van der Waals surface area contributed by atoms with E-state index in [0.717, 1.165) is 41.7 Å². The summed E-state index contributed by atoms with van der Waals surface area (Å²) in [4.78, 5) is 13.4. The normalized spacial score (nSPS) is 13.0. The van der Waals surface area contributed by atoms with E-state index in [2.05, 4.69) is 69.5 Å². The molecule has 0 amide bonds. The molecular weight excluding hydrogens is 476 g/mol. The predicted octanol–water partition coefficient (Wildman–Crippen LogP) is 7.79. The van der Waals surface area contributed by atoms with Crippen LogP contribution in [0.5, 0.6) is 0 Å². The molecule has 3 rings (SSSR count). The predicted molar refractivity (Wildman–Crippen MR) is 158 cm³/mol. The van der Waals surface area contributed by atoms with Crippen molar-refractivity contribution in [2.24, 2.45) is 0 Å². The molecule has 37 heavy (non-hydrogen) atoms. The van der Waals surface area contributed by atoms with Crippen LogP contribution in [0, 0.1) is 0 Å². The maximum Gasteiger partial charge on any atom is 0.419 e. The lowest BCUT2D eigenvalue weighted by Gasteiger charge is -2.35. The Kier molecular flexibility index (Phi) is 9.21. The van der Waals surface area contributed by atoms with Crippen LogP contribution in [0.1, 0.15) is 58.4 Å². The molecule has 3 aromatic rings. The Hall–Kier alpha value is -2.67. The lowest BCUT2D eigenvalue weighted by molar-refractivity contribution is 0.0543. The SMILES string of the molecule is CC(C)(C)OC(=O)n1c(/C=C/CO[Si](C)(C)C(C)(C)C)c(CCNCc2ccccc2)c2ccccc21. The van der Waals surface area contributed by atoms with Crippen molar-refractivity contribution in [1.82, 2.24) is 9.88 Å². The number of nitrogens with zero attached hydrogens (tertiary/aromatic N) is 1. The van der Waals surface area contributed by atoms with Crippen LogP contribution in [-0.4, -0.2) is 37.7 Å². The van der Waals surface area contributed by atoms with E-state index in [1.807, 2.05) is 57.2 Å². The van der Waals surface area contributed by atoms with Crippen molar-refractivity contribution in [2.75, 3.05) is 13.2 Å². The number of fused-ring (bicyclic) bond motifs is 1. The number of rotatable bonds is 9. The van der Waals surface area contributed by atoms with Crippen LogP contribution < -0.4 is 5.32 Å². The van der Waals surface area contributed by atoms with Gasteiger partial charge in [0.05, 0.1) is 17.8 Å². The molecule has 0 aliphatic rings. The number of carbonyl (C=O) groups is 1. The third kappa shape index (κ3) is 7.66. The van der Waals surface area contributed by atoms with Crippen molar-refractivity contribution < 1.29 is 14.0 Å². The van der Waals surface area contributed by atoms with Gasteiger partial charge < -0.3 is 14.5 Å². The minimum Gasteiger partial charge on any atom is -0.443 e. The van der Waals surface area contributed by atoms with E-state index in [-0.39, 0.29) is 11.1 Å². The summed E-state index contributed by atoms with van der Waals surface area (Å²) >= 11 is 0. The second-order valence-corrected chi connectivity index (χ2v) is 16.9. The molecule has 1 heterocycles. The molecule has 0 atom stereocenters. The third-order valence-corrected chi connectivity index (χ3v) is 11.4. The highest BCUT2D eigenvalue weighted by molar-refractivity contribution is 6.74. The average molecular weight is 521 g/mol. The zero-order valence-electron chi connectivity index (χ0n) is 23.9. The Labute approximate surface area is 224 Å². The Morgan fingerprint density at radius 2 is 1.62 bits per heavy atom. The molecule has 0 spiro atoms. The minimum atomic E-state index is -1.87. The Balaban J connectivity index is 1.92. The van der Waals surface area contributed by atoms with Gasteiger partial charge in [-0.25, -0.2) is 9.36 Å². The van der Waals surface area contributed by atoms with Gasteiger partial charge in [0, 0.05) is 11.9 Å². The molecule has 0 unspecified atom stereocenters. The van der Waals surface area contributed by atoms with Crippen molar-refractivity contribution in [3.63, 3.8) is 0 Å². The molecule has 0 aliphatic carbocycles. The van der Waals surface area contributed by atoms with Crippen LogP contribution in [0.2, 0.25) is 18.1 Å². The summed E-state index contributed by atoms with van der Waals surface area (Å²) in [6.45, 7) is 19.0. The van der Waals surface area contributed by atoms with E-state index >= 15 is 0 Å². The van der Waals surface area contributed by atoms with E-state index in [1.54, 1.807) is 4.57 Å². The molecule has 0 aliphatic heterocycles. The van der Waals surface area contributed by atoms with Crippen molar-refractivity contribution >= 4 is 31.4 Å². The van der Waals surface area contributed by atoms with Gasteiger partial charge in [-0.3, -0.25) is 0 Å². The highest BCUT2D eigenvalue weighted by atomic mass is 28.4. The number of hydrogen-bond donors (Lipinski definition) is 1. The zero-order chi connectivity index (χ0) is 27.3. The second-order valence-electron chi connectivity index (χ2n) is 12.1. The molecule has 5 nitrogen and oxygen atoms in total. The van der Waals surface area contributed by atoms with Crippen molar-refractivity contribution in [3.05, 3.63) is 77.5 Å². The quantitative estimate of drug-likeness (QED) is 0.231. The fraction of sp³-hybridized carbons (Fsp3) is 0.452. The van der Waals surface area contributed by atoms with Crippen LogP contribution in [0.25, 0.3) is 17.0 Å². The molecule has 6 heteroatoms. The summed E-state index contributed by atoms with van der Waals surface area (Å²) in [6, 6.07) is 18.5. The summed E-state index contributed by atoms with van der Waals surface area (Å²) in [5.74, 6) is 0. The van der Waals surface area contributed by atoms with E-state index < -0.39 is 13.9 Å². The number of para-hydroxylation sites is 1. The topological polar surface area (TPSA) is 52.5 Å². The first-order valence-electron chi connectivity index (χ1n) is 13.2. The summed E-state index contributed by atoms with van der Waals surface area (Å²) in [5, 5.41) is 4.76. The Morgan fingerprint density at radius 1 is 0.973 bits per heavy atom. The standard InChI is InChI=1S/C31H44N2O3Si/c1-30(2,3)36-29(34)33-27-18-13-12-17-25(27)26(20-21-32-23-24-15-10-9-11-16-24)28(33)19-14-22-35-37(7,8)31(4,5)6/h9-19,32H,20-23H2,1-8H3/b19-14+. The molecular formula is C31H44N2O3Si. The maximum atomic E-state index is 13.4.